The standard InChI is InChI=1S/C22H31N3O4/c1-4-24(3)18-7-5-9-20(18)29-16-10-11-17-15(13-16)14-25(22(17)28)19(8-6-12-26)21(27)23-2/h10-13,18-20H,4-9,14H2,1-3H3,(H,23,27). The van der Waals surface area contributed by atoms with E-state index in [-0.39, 0.29) is 24.3 Å². The Labute approximate surface area is 172 Å². The molecule has 3 unspecified atom stereocenters. The first kappa shape index (κ1) is 21.3. The van der Waals surface area contributed by atoms with E-state index in [1.165, 1.54) is 0 Å². The van der Waals surface area contributed by atoms with Gasteiger partial charge in [0.05, 0.1) is 0 Å². The number of ether oxygens (including phenoxy) is 1. The molecule has 1 aliphatic carbocycles. The van der Waals surface area contributed by atoms with Crippen LogP contribution in [-0.4, -0.2) is 66.7 Å². The van der Waals surface area contributed by atoms with Gasteiger partial charge in [-0.05, 0) is 63.0 Å². The molecule has 1 aromatic rings. The van der Waals surface area contributed by atoms with Crippen molar-refractivity contribution in [2.24, 2.45) is 0 Å². The molecule has 1 aliphatic heterocycles. The maximum absolute atomic E-state index is 12.9. The van der Waals surface area contributed by atoms with Gasteiger partial charge in [0.15, 0.2) is 0 Å². The predicted octanol–water partition coefficient (Wildman–Crippen LogP) is 1.99. The van der Waals surface area contributed by atoms with Crippen LogP contribution in [0.1, 0.15) is 54.9 Å². The summed E-state index contributed by atoms with van der Waals surface area (Å²) in [6.45, 7) is 3.49. The SMILES string of the molecule is CCN(C)C1CCCC1Oc1ccc2c(c1)CN(C(CCC=O)C(=O)NC)C2=O. The van der Waals surface area contributed by atoms with Crippen LogP contribution in [0.4, 0.5) is 0 Å². The van der Waals surface area contributed by atoms with Crippen LogP contribution in [0.3, 0.4) is 0 Å². The quantitative estimate of drug-likeness (QED) is 0.640. The number of carbonyl (C=O) groups excluding carboxylic acids is 3. The zero-order chi connectivity index (χ0) is 21.0. The van der Waals surface area contributed by atoms with Gasteiger partial charge in [-0.1, -0.05) is 6.92 Å². The van der Waals surface area contributed by atoms with E-state index < -0.39 is 6.04 Å². The van der Waals surface area contributed by atoms with Crippen molar-refractivity contribution in [3.8, 4) is 5.75 Å². The normalized spacial score (nSPS) is 21.9. The van der Waals surface area contributed by atoms with E-state index in [9.17, 15) is 14.4 Å². The first-order valence-corrected chi connectivity index (χ1v) is 10.5. The van der Waals surface area contributed by atoms with Crippen molar-refractivity contribution in [2.75, 3.05) is 20.6 Å². The molecule has 1 saturated carbocycles. The molecule has 0 saturated heterocycles. The van der Waals surface area contributed by atoms with E-state index >= 15 is 0 Å². The fourth-order valence-corrected chi connectivity index (χ4v) is 4.42. The second-order valence-corrected chi connectivity index (χ2v) is 7.85. The van der Waals surface area contributed by atoms with Gasteiger partial charge in [0.1, 0.15) is 24.2 Å². The molecule has 29 heavy (non-hydrogen) atoms. The molecule has 0 radical (unpaired) electrons. The number of hydrogen-bond donors (Lipinski definition) is 1. The first-order valence-electron chi connectivity index (χ1n) is 10.5. The third-order valence-electron chi connectivity index (χ3n) is 6.16. The molecule has 2 amide bonds. The molecule has 1 N–H and O–H groups in total. The minimum absolute atomic E-state index is 0.150. The maximum atomic E-state index is 12.9. The highest BCUT2D eigenvalue weighted by atomic mass is 16.5. The number of nitrogens with one attached hydrogen (secondary N) is 1. The average molecular weight is 402 g/mol. The van der Waals surface area contributed by atoms with Gasteiger partial charge in [-0.25, -0.2) is 0 Å². The van der Waals surface area contributed by atoms with Crippen LogP contribution < -0.4 is 10.1 Å². The van der Waals surface area contributed by atoms with Crippen molar-refractivity contribution in [2.45, 2.75) is 63.8 Å². The molecule has 3 rings (SSSR count). The second-order valence-electron chi connectivity index (χ2n) is 7.85. The summed E-state index contributed by atoms with van der Waals surface area (Å²) in [5.41, 5.74) is 1.47. The van der Waals surface area contributed by atoms with Crippen LogP contribution in [0.25, 0.3) is 0 Å². The molecular weight excluding hydrogens is 370 g/mol. The Morgan fingerprint density at radius 1 is 1.41 bits per heavy atom. The number of benzene rings is 1. The monoisotopic (exact) mass is 401 g/mol. The van der Waals surface area contributed by atoms with E-state index in [1.54, 1.807) is 18.0 Å². The number of aldehydes is 1. The molecule has 158 valence electrons. The molecule has 1 aromatic carbocycles. The van der Waals surface area contributed by atoms with Crippen molar-refractivity contribution in [1.29, 1.82) is 0 Å². The first-order chi connectivity index (χ1) is 14.0. The van der Waals surface area contributed by atoms with Crippen LogP contribution in [-0.2, 0) is 16.1 Å². The Bertz CT molecular complexity index is 766. The molecule has 3 atom stereocenters. The molecule has 1 heterocycles. The van der Waals surface area contributed by atoms with Crippen LogP contribution >= 0.6 is 0 Å². The van der Waals surface area contributed by atoms with Crippen LogP contribution in [0.2, 0.25) is 0 Å². The summed E-state index contributed by atoms with van der Waals surface area (Å²) in [5, 5.41) is 2.60. The summed E-state index contributed by atoms with van der Waals surface area (Å²) in [6.07, 6.45) is 4.80. The number of rotatable bonds is 9. The minimum atomic E-state index is -0.646. The van der Waals surface area contributed by atoms with Crippen molar-refractivity contribution in [3.05, 3.63) is 29.3 Å². The van der Waals surface area contributed by atoms with E-state index in [2.05, 4.69) is 24.2 Å². The Balaban J connectivity index is 1.75. The van der Waals surface area contributed by atoms with Gasteiger partial charge in [-0.15, -0.1) is 0 Å². The lowest BCUT2D eigenvalue weighted by molar-refractivity contribution is -0.125. The fraction of sp³-hybridized carbons (Fsp3) is 0.591. The highest BCUT2D eigenvalue weighted by molar-refractivity contribution is 6.01. The highest BCUT2D eigenvalue weighted by Crippen LogP contribution is 2.32. The molecule has 7 nitrogen and oxygen atoms in total. The van der Waals surface area contributed by atoms with E-state index in [0.717, 1.165) is 43.4 Å². The van der Waals surface area contributed by atoms with Gasteiger partial charge in [-0.2, -0.15) is 0 Å². The number of amides is 2. The van der Waals surface area contributed by atoms with Gasteiger partial charge in [0, 0.05) is 31.6 Å². The number of carbonyl (C=O) groups is 3. The molecule has 7 heteroatoms. The van der Waals surface area contributed by atoms with E-state index in [1.807, 2.05) is 12.1 Å². The average Bonchev–Trinajstić information content (AvgIpc) is 3.32. The molecular formula is C22H31N3O4. The second kappa shape index (κ2) is 9.39. The number of likely N-dealkylation sites (N-methyl/N-ethyl adjacent to an activating group) is 2. The van der Waals surface area contributed by atoms with E-state index in [4.69, 9.17) is 4.74 Å². The van der Waals surface area contributed by atoms with Crippen molar-refractivity contribution < 1.29 is 19.1 Å². The summed E-state index contributed by atoms with van der Waals surface area (Å²) >= 11 is 0. The van der Waals surface area contributed by atoms with Crippen LogP contribution in [0.5, 0.6) is 5.75 Å². The summed E-state index contributed by atoms with van der Waals surface area (Å²) in [6, 6.07) is 5.33. The van der Waals surface area contributed by atoms with Crippen molar-refractivity contribution in [1.82, 2.24) is 15.1 Å². The lowest BCUT2D eigenvalue weighted by Crippen LogP contribution is -2.46. The molecule has 1 fully saturated rings. The van der Waals surface area contributed by atoms with Gasteiger partial charge < -0.3 is 24.6 Å². The third-order valence-corrected chi connectivity index (χ3v) is 6.16. The Morgan fingerprint density at radius 3 is 2.90 bits per heavy atom. The minimum Gasteiger partial charge on any atom is -0.489 e. The predicted molar refractivity (Wildman–Crippen MR) is 110 cm³/mol. The molecule has 0 bridgehead atoms. The van der Waals surface area contributed by atoms with Gasteiger partial charge in [0.2, 0.25) is 5.91 Å². The van der Waals surface area contributed by atoms with E-state index in [0.29, 0.717) is 24.6 Å². The smallest absolute Gasteiger partial charge is 0.255 e. The number of nitrogens with zero attached hydrogens (tertiary/aromatic N) is 2. The maximum Gasteiger partial charge on any atom is 0.255 e. The van der Waals surface area contributed by atoms with Gasteiger partial charge in [0.25, 0.3) is 5.91 Å². The van der Waals surface area contributed by atoms with Gasteiger partial charge in [-0.3, -0.25) is 9.59 Å². The fourth-order valence-electron chi connectivity index (χ4n) is 4.42. The molecule has 2 aliphatic rings. The zero-order valence-corrected chi connectivity index (χ0v) is 17.5. The third kappa shape index (κ3) is 4.45. The topological polar surface area (TPSA) is 79.0 Å². The Hall–Kier alpha value is -2.41. The van der Waals surface area contributed by atoms with Crippen LogP contribution in [0, 0.1) is 0 Å². The summed E-state index contributed by atoms with van der Waals surface area (Å²) in [5.74, 6) is 0.348. The molecule has 0 aromatic heterocycles. The number of fused-ring (bicyclic) bond motifs is 1. The lowest BCUT2D eigenvalue weighted by atomic mass is 10.1. The summed E-state index contributed by atoms with van der Waals surface area (Å²) in [7, 11) is 3.67. The number of hydrogen-bond acceptors (Lipinski definition) is 5. The largest absolute Gasteiger partial charge is 0.489 e. The summed E-state index contributed by atoms with van der Waals surface area (Å²) in [4.78, 5) is 39.8. The highest BCUT2D eigenvalue weighted by Gasteiger charge is 2.36. The summed E-state index contributed by atoms with van der Waals surface area (Å²) < 4.78 is 6.30. The Morgan fingerprint density at radius 2 is 2.21 bits per heavy atom. The van der Waals surface area contributed by atoms with Crippen LogP contribution in [0.15, 0.2) is 18.2 Å². The zero-order valence-electron chi connectivity index (χ0n) is 17.5. The molecule has 0 spiro atoms. The van der Waals surface area contributed by atoms with Crippen molar-refractivity contribution in [3.63, 3.8) is 0 Å². The van der Waals surface area contributed by atoms with Gasteiger partial charge >= 0.3 is 0 Å². The lowest BCUT2D eigenvalue weighted by Gasteiger charge is -2.29. The Kier molecular flexibility index (Phi) is 6.90. The van der Waals surface area contributed by atoms with Crippen molar-refractivity contribution >= 4 is 18.1 Å².